The van der Waals surface area contributed by atoms with Gasteiger partial charge in [-0.15, -0.1) is 6.42 Å². The van der Waals surface area contributed by atoms with Gasteiger partial charge in [0.1, 0.15) is 5.75 Å². The lowest BCUT2D eigenvalue weighted by Crippen LogP contribution is -2.12. The van der Waals surface area contributed by atoms with Gasteiger partial charge in [-0.1, -0.05) is 5.92 Å². The number of ether oxygens (including phenoxy) is 1. The van der Waals surface area contributed by atoms with Crippen LogP contribution in [-0.2, 0) is 0 Å². The van der Waals surface area contributed by atoms with Crippen LogP contribution >= 0.6 is 0 Å². The average molecular weight is 200 g/mol. The Hall–Kier alpha value is -2.13. The molecule has 0 fully saturated rings. The van der Waals surface area contributed by atoms with Crippen molar-refractivity contribution >= 4 is 5.69 Å². The van der Waals surface area contributed by atoms with Gasteiger partial charge in [0.05, 0.1) is 30.5 Å². The Balaban J connectivity index is 3.00. The van der Waals surface area contributed by atoms with Gasteiger partial charge < -0.3 is 10.1 Å². The number of terminal acetylenes is 1. The van der Waals surface area contributed by atoms with Crippen molar-refractivity contribution in [2.75, 3.05) is 12.4 Å². The van der Waals surface area contributed by atoms with Gasteiger partial charge in [-0.05, 0) is 19.1 Å². The van der Waals surface area contributed by atoms with Gasteiger partial charge in [0, 0.05) is 6.07 Å². The third-order valence-electron chi connectivity index (χ3n) is 1.95. The molecule has 1 rings (SSSR count). The molecule has 0 saturated carbocycles. The van der Waals surface area contributed by atoms with E-state index in [1.54, 1.807) is 25.3 Å². The predicted molar refractivity (Wildman–Crippen MR) is 59.6 cm³/mol. The van der Waals surface area contributed by atoms with Gasteiger partial charge in [-0.3, -0.25) is 0 Å². The van der Waals surface area contributed by atoms with Crippen molar-refractivity contribution in [1.82, 2.24) is 0 Å². The first kappa shape index (κ1) is 10.9. The molecule has 0 aliphatic heterocycles. The maximum atomic E-state index is 8.72. The molecule has 15 heavy (non-hydrogen) atoms. The van der Waals surface area contributed by atoms with Crippen molar-refractivity contribution in [2.24, 2.45) is 0 Å². The van der Waals surface area contributed by atoms with E-state index in [0.717, 1.165) is 5.69 Å². The van der Waals surface area contributed by atoms with E-state index >= 15 is 0 Å². The lowest BCUT2D eigenvalue weighted by Gasteiger charge is -2.13. The van der Waals surface area contributed by atoms with E-state index in [0.29, 0.717) is 11.3 Å². The summed E-state index contributed by atoms with van der Waals surface area (Å²) in [5.74, 6) is 3.18. The van der Waals surface area contributed by atoms with Gasteiger partial charge in [0.15, 0.2) is 0 Å². The van der Waals surface area contributed by atoms with Crippen LogP contribution in [0.3, 0.4) is 0 Å². The van der Waals surface area contributed by atoms with E-state index in [1.165, 1.54) is 0 Å². The number of rotatable bonds is 3. The number of methoxy groups -OCH3 is 1. The van der Waals surface area contributed by atoms with E-state index in [9.17, 15) is 0 Å². The fourth-order valence-electron chi connectivity index (χ4n) is 1.15. The summed E-state index contributed by atoms with van der Waals surface area (Å²) in [7, 11) is 1.56. The lowest BCUT2D eigenvalue weighted by atomic mass is 10.2. The fourth-order valence-corrected chi connectivity index (χ4v) is 1.15. The van der Waals surface area contributed by atoms with Crippen LogP contribution in [0.15, 0.2) is 18.2 Å². The van der Waals surface area contributed by atoms with Crippen molar-refractivity contribution in [3.63, 3.8) is 0 Å². The molecule has 1 atom stereocenters. The van der Waals surface area contributed by atoms with Gasteiger partial charge in [-0.2, -0.15) is 5.26 Å². The third kappa shape index (κ3) is 2.65. The molecule has 0 bridgehead atoms. The second-order valence-corrected chi connectivity index (χ2v) is 3.06. The maximum Gasteiger partial charge on any atom is 0.143 e. The Morgan fingerprint density at radius 2 is 2.27 bits per heavy atom. The summed E-state index contributed by atoms with van der Waals surface area (Å²) >= 11 is 0. The van der Waals surface area contributed by atoms with Crippen molar-refractivity contribution in [2.45, 2.75) is 13.0 Å². The number of nitrogens with zero attached hydrogens (tertiary/aromatic N) is 1. The van der Waals surface area contributed by atoms with Crippen LogP contribution in [0.4, 0.5) is 5.69 Å². The molecule has 0 amide bonds. The van der Waals surface area contributed by atoms with E-state index in [-0.39, 0.29) is 6.04 Å². The van der Waals surface area contributed by atoms with Crippen LogP contribution in [-0.4, -0.2) is 13.2 Å². The highest BCUT2D eigenvalue weighted by atomic mass is 16.5. The third-order valence-corrected chi connectivity index (χ3v) is 1.95. The molecule has 0 spiro atoms. The van der Waals surface area contributed by atoms with E-state index < -0.39 is 0 Å². The molecule has 1 unspecified atom stereocenters. The Labute approximate surface area is 89.7 Å². The highest BCUT2D eigenvalue weighted by molar-refractivity contribution is 5.60. The number of nitriles is 1. The molecule has 0 aromatic heterocycles. The summed E-state index contributed by atoms with van der Waals surface area (Å²) in [6.45, 7) is 1.87. The molecule has 76 valence electrons. The Kier molecular flexibility index (Phi) is 3.60. The number of anilines is 1. The van der Waals surface area contributed by atoms with Crippen molar-refractivity contribution in [3.05, 3.63) is 23.8 Å². The standard InChI is InChI=1S/C12H12N2O/c1-4-9(2)14-11-6-5-10(8-13)7-12(11)15-3/h1,5-7,9,14H,2-3H3. The van der Waals surface area contributed by atoms with Crippen LogP contribution in [0, 0.1) is 23.7 Å². The number of benzene rings is 1. The first-order chi connectivity index (χ1) is 7.21. The molecule has 0 aliphatic carbocycles. The van der Waals surface area contributed by atoms with Gasteiger partial charge >= 0.3 is 0 Å². The largest absolute Gasteiger partial charge is 0.495 e. The number of nitrogens with one attached hydrogen (secondary N) is 1. The minimum absolute atomic E-state index is 0.0770. The molecule has 0 radical (unpaired) electrons. The summed E-state index contributed by atoms with van der Waals surface area (Å²) < 4.78 is 5.15. The summed E-state index contributed by atoms with van der Waals surface area (Å²) in [6, 6.07) is 7.14. The molecular formula is C12H12N2O. The maximum absolute atomic E-state index is 8.72. The second kappa shape index (κ2) is 4.93. The highest BCUT2D eigenvalue weighted by Gasteiger charge is 2.05. The molecule has 3 nitrogen and oxygen atoms in total. The monoisotopic (exact) mass is 200 g/mol. The Morgan fingerprint density at radius 1 is 1.53 bits per heavy atom. The van der Waals surface area contributed by atoms with Crippen LogP contribution in [0.1, 0.15) is 12.5 Å². The zero-order valence-electron chi connectivity index (χ0n) is 8.74. The topological polar surface area (TPSA) is 45.0 Å². The minimum atomic E-state index is -0.0770. The lowest BCUT2D eigenvalue weighted by molar-refractivity contribution is 0.416. The van der Waals surface area contributed by atoms with Gasteiger partial charge in [0.25, 0.3) is 0 Å². The summed E-state index contributed by atoms with van der Waals surface area (Å²) in [5, 5.41) is 11.8. The number of hydrogen-bond donors (Lipinski definition) is 1. The van der Waals surface area contributed by atoms with Gasteiger partial charge in [0.2, 0.25) is 0 Å². The number of hydrogen-bond acceptors (Lipinski definition) is 3. The molecule has 1 N–H and O–H groups in total. The first-order valence-corrected chi connectivity index (χ1v) is 4.52. The van der Waals surface area contributed by atoms with E-state index in [1.807, 2.05) is 13.0 Å². The molecule has 0 saturated heterocycles. The zero-order valence-corrected chi connectivity index (χ0v) is 8.74. The van der Waals surface area contributed by atoms with Crippen LogP contribution in [0.5, 0.6) is 5.75 Å². The van der Waals surface area contributed by atoms with Gasteiger partial charge in [-0.25, -0.2) is 0 Å². The second-order valence-electron chi connectivity index (χ2n) is 3.06. The minimum Gasteiger partial charge on any atom is -0.495 e. The summed E-state index contributed by atoms with van der Waals surface area (Å²) in [4.78, 5) is 0. The predicted octanol–water partition coefficient (Wildman–Crippen LogP) is 2.00. The van der Waals surface area contributed by atoms with E-state index in [2.05, 4.69) is 11.2 Å². The molecule has 1 aromatic carbocycles. The van der Waals surface area contributed by atoms with Crippen LogP contribution < -0.4 is 10.1 Å². The van der Waals surface area contributed by atoms with Crippen molar-refractivity contribution in [1.29, 1.82) is 5.26 Å². The summed E-state index contributed by atoms with van der Waals surface area (Å²) in [6.07, 6.45) is 5.26. The van der Waals surface area contributed by atoms with Crippen LogP contribution in [0.2, 0.25) is 0 Å². The SMILES string of the molecule is C#CC(C)Nc1ccc(C#N)cc1OC. The Morgan fingerprint density at radius 3 is 2.80 bits per heavy atom. The molecule has 1 aromatic rings. The van der Waals surface area contributed by atoms with E-state index in [4.69, 9.17) is 16.4 Å². The smallest absolute Gasteiger partial charge is 0.143 e. The quantitative estimate of drug-likeness (QED) is 0.759. The molecule has 0 aliphatic rings. The van der Waals surface area contributed by atoms with Crippen molar-refractivity contribution in [3.8, 4) is 24.2 Å². The van der Waals surface area contributed by atoms with Crippen LogP contribution in [0.25, 0.3) is 0 Å². The van der Waals surface area contributed by atoms with Crippen molar-refractivity contribution < 1.29 is 4.74 Å². The average Bonchev–Trinajstić information content (AvgIpc) is 2.29. The zero-order chi connectivity index (χ0) is 11.3. The Bertz CT molecular complexity index is 426. The highest BCUT2D eigenvalue weighted by Crippen LogP contribution is 2.25. The molecule has 0 heterocycles. The normalized spacial score (nSPS) is 10.9. The molecule has 3 heteroatoms. The fraction of sp³-hybridized carbons (Fsp3) is 0.250. The summed E-state index contributed by atoms with van der Waals surface area (Å²) in [5.41, 5.74) is 1.35. The first-order valence-electron chi connectivity index (χ1n) is 4.52. The molecular weight excluding hydrogens is 188 g/mol.